The molecule has 0 aromatic heterocycles. The molecular formula is C12H24N2O2. The van der Waals surface area contributed by atoms with E-state index in [4.69, 9.17) is 11.5 Å². The second-order valence-corrected chi connectivity index (χ2v) is 4.42. The van der Waals surface area contributed by atoms with Crippen LogP contribution in [-0.4, -0.2) is 18.2 Å². The van der Waals surface area contributed by atoms with E-state index in [-0.39, 0.29) is 0 Å². The van der Waals surface area contributed by atoms with Gasteiger partial charge in [-0.1, -0.05) is 45.4 Å². The predicted octanol–water partition coefficient (Wildman–Crippen LogP) is 1.36. The first-order chi connectivity index (χ1) is 7.58. The number of unbranched alkanes of at least 4 members (excludes halogenated alkanes) is 5. The molecule has 1 unspecified atom stereocenters. The van der Waals surface area contributed by atoms with Gasteiger partial charge in [-0.2, -0.15) is 0 Å². The Morgan fingerprint density at radius 3 is 2.12 bits per heavy atom. The van der Waals surface area contributed by atoms with Gasteiger partial charge in [-0.05, 0) is 6.42 Å². The van der Waals surface area contributed by atoms with Crippen LogP contribution in [0.15, 0.2) is 0 Å². The zero-order chi connectivity index (χ0) is 12.4. The molecule has 0 heterocycles. The standard InChI is InChI=1S/C12H24N2O2/c1-2-3-4-5-6-7-8-11(9-15)12(13,14)10-16/h9-11H,2-8,13-14H2,1H3. The summed E-state index contributed by atoms with van der Waals surface area (Å²) in [6.45, 7) is 2.17. The Kier molecular flexibility index (Phi) is 8.03. The zero-order valence-corrected chi connectivity index (χ0v) is 10.2. The van der Waals surface area contributed by atoms with Crippen molar-refractivity contribution in [1.82, 2.24) is 0 Å². The molecule has 4 nitrogen and oxygen atoms in total. The lowest BCUT2D eigenvalue weighted by molar-refractivity contribution is -0.120. The third-order valence-corrected chi connectivity index (χ3v) is 2.88. The Hall–Kier alpha value is -0.740. The van der Waals surface area contributed by atoms with Gasteiger partial charge in [-0.15, -0.1) is 0 Å². The van der Waals surface area contributed by atoms with Gasteiger partial charge in [0.05, 0.1) is 5.92 Å². The Balaban J connectivity index is 3.72. The maximum absolute atomic E-state index is 10.8. The highest BCUT2D eigenvalue weighted by Crippen LogP contribution is 2.15. The molecule has 0 spiro atoms. The molecule has 1 atom stereocenters. The highest BCUT2D eigenvalue weighted by atomic mass is 16.1. The summed E-state index contributed by atoms with van der Waals surface area (Å²) in [6, 6.07) is 0. The van der Waals surface area contributed by atoms with Crippen LogP contribution in [0, 0.1) is 5.92 Å². The Morgan fingerprint density at radius 2 is 1.62 bits per heavy atom. The molecule has 0 aromatic rings. The van der Waals surface area contributed by atoms with Crippen molar-refractivity contribution in [2.75, 3.05) is 0 Å². The Morgan fingerprint density at radius 1 is 1.06 bits per heavy atom. The lowest BCUT2D eigenvalue weighted by Gasteiger charge is -2.23. The number of rotatable bonds is 10. The van der Waals surface area contributed by atoms with Crippen molar-refractivity contribution in [2.45, 2.75) is 57.5 Å². The molecule has 16 heavy (non-hydrogen) atoms. The third-order valence-electron chi connectivity index (χ3n) is 2.88. The van der Waals surface area contributed by atoms with Crippen LogP contribution >= 0.6 is 0 Å². The summed E-state index contributed by atoms with van der Waals surface area (Å²) < 4.78 is 0. The Bertz CT molecular complexity index is 205. The molecule has 94 valence electrons. The molecule has 0 amide bonds. The van der Waals surface area contributed by atoms with Crippen LogP contribution in [-0.2, 0) is 9.59 Å². The molecule has 4 N–H and O–H groups in total. The third kappa shape index (κ3) is 5.98. The van der Waals surface area contributed by atoms with Crippen LogP contribution in [0.1, 0.15) is 51.9 Å². The normalized spacial score (nSPS) is 13.4. The van der Waals surface area contributed by atoms with E-state index in [1.807, 2.05) is 0 Å². The van der Waals surface area contributed by atoms with E-state index in [2.05, 4.69) is 6.92 Å². The molecule has 0 aliphatic heterocycles. The summed E-state index contributed by atoms with van der Waals surface area (Å²) >= 11 is 0. The van der Waals surface area contributed by atoms with Crippen molar-refractivity contribution < 1.29 is 9.59 Å². The monoisotopic (exact) mass is 228 g/mol. The molecule has 0 fully saturated rings. The number of carbonyl (C=O) groups excluding carboxylic acids is 2. The molecule has 0 aliphatic rings. The summed E-state index contributed by atoms with van der Waals surface area (Å²) in [6.07, 6.45) is 8.59. The van der Waals surface area contributed by atoms with Gasteiger partial charge in [0.15, 0.2) is 6.29 Å². The number of aldehydes is 2. The van der Waals surface area contributed by atoms with Crippen LogP contribution < -0.4 is 11.5 Å². The lowest BCUT2D eigenvalue weighted by atomic mass is 9.91. The van der Waals surface area contributed by atoms with E-state index in [0.29, 0.717) is 19.0 Å². The minimum absolute atomic E-state index is 0.461. The van der Waals surface area contributed by atoms with Gasteiger partial charge >= 0.3 is 0 Å². The van der Waals surface area contributed by atoms with Crippen LogP contribution in [0.3, 0.4) is 0 Å². The average Bonchev–Trinajstić information content (AvgIpc) is 2.28. The molecule has 0 saturated heterocycles. The van der Waals surface area contributed by atoms with Gasteiger partial charge in [0.2, 0.25) is 0 Å². The molecule has 0 rings (SSSR count). The van der Waals surface area contributed by atoms with Crippen LogP contribution in [0.2, 0.25) is 0 Å². The van der Waals surface area contributed by atoms with Crippen molar-refractivity contribution in [3.05, 3.63) is 0 Å². The molecule has 0 bridgehead atoms. The number of hydrogen-bond donors (Lipinski definition) is 2. The SMILES string of the molecule is CCCCCCCCC(C=O)C(N)(N)C=O. The van der Waals surface area contributed by atoms with Gasteiger partial charge in [-0.25, -0.2) is 0 Å². The van der Waals surface area contributed by atoms with E-state index in [9.17, 15) is 9.59 Å². The van der Waals surface area contributed by atoms with Crippen molar-refractivity contribution in [1.29, 1.82) is 0 Å². The summed E-state index contributed by atoms with van der Waals surface area (Å²) in [7, 11) is 0. The zero-order valence-electron chi connectivity index (χ0n) is 10.2. The van der Waals surface area contributed by atoms with Crippen molar-refractivity contribution in [3.63, 3.8) is 0 Å². The van der Waals surface area contributed by atoms with Gasteiger partial charge in [0.25, 0.3) is 0 Å². The largest absolute Gasteiger partial charge is 0.307 e. The fourth-order valence-corrected chi connectivity index (χ4v) is 1.67. The quantitative estimate of drug-likeness (QED) is 0.336. The van der Waals surface area contributed by atoms with Crippen molar-refractivity contribution in [3.8, 4) is 0 Å². The van der Waals surface area contributed by atoms with Crippen LogP contribution in [0.25, 0.3) is 0 Å². The molecule has 0 aromatic carbocycles. The van der Waals surface area contributed by atoms with Crippen molar-refractivity contribution in [2.24, 2.45) is 17.4 Å². The summed E-state index contributed by atoms with van der Waals surface area (Å²) in [4.78, 5) is 21.4. The fourth-order valence-electron chi connectivity index (χ4n) is 1.67. The second kappa shape index (κ2) is 8.42. The highest BCUT2D eigenvalue weighted by Gasteiger charge is 2.29. The first kappa shape index (κ1) is 15.3. The highest BCUT2D eigenvalue weighted by molar-refractivity contribution is 5.71. The first-order valence-electron chi connectivity index (χ1n) is 6.07. The summed E-state index contributed by atoms with van der Waals surface area (Å²) in [5.74, 6) is -0.559. The number of carbonyl (C=O) groups is 2. The Labute approximate surface area is 97.8 Å². The van der Waals surface area contributed by atoms with E-state index in [0.717, 1.165) is 12.8 Å². The maximum atomic E-state index is 10.8. The average molecular weight is 228 g/mol. The molecule has 4 heteroatoms. The van der Waals surface area contributed by atoms with E-state index < -0.39 is 11.6 Å². The first-order valence-corrected chi connectivity index (χ1v) is 6.07. The van der Waals surface area contributed by atoms with Gasteiger partial charge in [0, 0.05) is 0 Å². The van der Waals surface area contributed by atoms with Crippen LogP contribution in [0.5, 0.6) is 0 Å². The van der Waals surface area contributed by atoms with Gasteiger partial charge < -0.3 is 16.3 Å². The molecule has 0 saturated carbocycles. The van der Waals surface area contributed by atoms with E-state index in [1.165, 1.54) is 25.7 Å². The smallest absolute Gasteiger partial charge is 0.154 e. The van der Waals surface area contributed by atoms with Gasteiger partial charge in [0.1, 0.15) is 11.9 Å². The number of nitrogens with two attached hydrogens (primary N) is 2. The van der Waals surface area contributed by atoms with Gasteiger partial charge in [-0.3, -0.25) is 4.79 Å². The predicted molar refractivity (Wildman–Crippen MR) is 64.7 cm³/mol. The molecule has 0 aliphatic carbocycles. The second-order valence-electron chi connectivity index (χ2n) is 4.42. The van der Waals surface area contributed by atoms with E-state index in [1.54, 1.807) is 0 Å². The minimum Gasteiger partial charge on any atom is -0.307 e. The van der Waals surface area contributed by atoms with Crippen molar-refractivity contribution >= 4 is 12.6 Å². The topological polar surface area (TPSA) is 86.2 Å². The van der Waals surface area contributed by atoms with E-state index >= 15 is 0 Å². The summed E-state index contributed by atoms with van der Waals surface area (Å²) in [5, 5.41) is 0. The van der Waals surface area contributed by atoms with Crippen LogP contribution in [0.4, 0.5) is 0 Å². The summed E-state index contributed by atoms with van der Waals surface area (Å²) in [5.41, 5.74) is 9.53. The fraction of sp³-hybridized carbons (Fsp3) is 0.833. The molecular weight excluding hydrogens is 204 g/mol. The maximum Gasteiger partial charge on any atom is 0.154 e. The molecule has 0 radical (unpaired) electrons. The lowest BCUT2D eigenvalue weighted by Crippen LogP contribution is -2.57. The number of hydrogen-bond acceptors (Lipinski definition) is 4. The minimum atomic E-state index is -1.49.